The van der Waals surface area contributed by atoms with Crippen LogP contribution < -0.4 is 15.8 Å². The van der Waals surface area contributed by atoms with Crippen molar-refractivity contribution in [1.82, 2.24) is 5.32 Å². The van der Waals surface area contributed by atoms with Gasteiger partial charge in [0.1, 0.15) is 5.75 Å². The second-order valence-electron chi connectivity index (χ2n) is 4.36. The van der Waals surface area contributed by atoms with E-state index in [2.05, 4.69) is 5.32 Å². The van der Waals surface area contributed by atoms with E-state index >= 15 is 0 Å². The molecule has 0 heterocycles. The summed E-state index contributed by atoms with van der Waals surface area (Å²) in [6.07, 6.45) is 2.98. The molecule has 4 N–H and O–H groups in total. The van der Waals surface area contributed by atoms with Crippen molar-refractivity contribution in [2.45, 2.75) is 25.8 Å². The number of unbranched alkanes of at least 4 members (excludes halogenated alkanes) is 2. The topological polar surface area (TPSA) is 84.6 Å². The number of carbonyl (C=O) groups is 1. The number of primary amides is 1. The van der Waals surface area contributed by atoms with Crippen LogP contribution in [0.1, 0.15) is 24.8 Å². The molecule has 0 fully saturated rings. The van der Waals surface area contributed by atoms with E-state index in [1.54, 1.807) is 0 Å². The molecular formula is C14H22N2O3. The zero-order valence-corrected chi connectivity index (χ0v) is 11.1. The van der Waals surface area contributed by atoms with E-state index in [1.165, 1.54) is 0 Å². The summed E-state index contributed by atoms with van der Waals surface area (Å²) in [5.41, 5.74) is 6.16. The van der Waals surface area contributed by atoms with E-state index in [9.17, 15) is 4.79 Å². The number of benzene rings is 1. The highest BCUT2D eigenvalue weighted by molar-refractivity contribution is 5.75. The van der Waals surface area contributed by atoms with Gasteiger partial charge in [0.25, 0.3) is 5.91 Å². The molecule has 0 unspecified atom stereocenters. The highest BCUT2D eigenvalue weighted by Gasteiger charge is 1.98. The average Bonchev–Trinajstić information content (AvgIpc) is 2.41. The van der Waals surface area contributed by atoms with Crippen molar-refractivity contribution in [3.63, 3.8) is 0 Å². The van der Waals surface area contributed by atoms with Gasteiger partial charge < -0.3 is 20.9 Å². The third-order valence-corrected chi connectivity index (χ3v) is 2.65. The van der Waals surface area contributed by atoms with Crippen molar-refractivity contribution in [3.8, 4) is 5.75 Å². The van der Waals surface area contributed by atoms with Gasteiger partial charge in [0, 0.05) is 13.2 Å². The molecule has 1 aromatic rings. The van der Waals surface area contributed by atoms with Crippen LogP contribution in [0.25, 0.3) is 0 Å². The van der Waals surface area contributed by atoms with E-state index in [-0.39, 0.29) is 13.2 Å². The van der Waals surface area contributed by atoms with E-state index in [0.717, 1.165) is 37.9 Å². The maximum Gasteiger partial charge on any atom is 0.255 e. The first-order valence-electron chi connectivity index (χ1n) is 6.54. The van der Waals surface area contributed by atoms with Crippen LogP contribution in [0.3, 0.4) is 0 Å². The van der Waals surface area contributed by atoms with Gasteiger partial charge in [-0.15, -0.1) is 0 Å². The van der Waals surface area contributed by atoms with Gasteiger partial charge in [-0.25, -0.2) is 0 Å². The molecule has 0 aromatic heterocycles. The third-order valence-electron chi connectivity index (χ3n) is 2.65. The number of hydrogen-bond acceptors (Lipinski definition) is 4. The molecule has 0 aliphatic carbocycles. The normalized spacial score (nSPS) is 10.4. The Labute approximate surface area is 113 Å². The summed E-state index contributed by atoms with van der Waals surface area (Å²) in [6, 6.07) is 7.56. The number of ether oxygens (including phenoxy) is 1. The SMILES string of the molecule is NC(=O)COc1ccc(CNCCCCCO)cc1. The fourth-order valence-electron chi connectivity index (χ4n) is 1.63. The summed E-state index contributed by atoms with van der Waals surface area (Å²) in [4.78, 5) is 10.6. The van der Waals surface area contributed by atoms with Crippen LogP contribution in [0, 0.1) is 0 Å². The highest BCUT2D eigenvalue weighted by Crippen LogP contribution is 2.11. The molecule has 0 bridgehead atoms. The van der Waals surface area contributed by atoms with Crippen LogP contribution in [0.5, 0.6) is 5.75 Å². The lowest BCUT2D eigenvalue weighted by Crippen LogP contribution is -2.20. The minimum absolute atomic E-state index is 0.0948. The molecule has 1 aromatic carbocycles. The van der Waals surface area contributed by atoms with Crippen molar-refractivity contribution in [1.29, 1.82) is 0 Å². The first kappa shape index (κ1) is 15.5. The molecule has 0 saturated carbocycles. The molecule has 106 valence electrons. The van der Waals surface area contributed by atoms with Gasteiger partial charge in [0.15, 0.2) is 6.61 Å². The second-order valence-corrected chi connectivity index (χ2v) is 4.36. The number of nitrogens with one attached hydrogen (secondary N) is 1. The molecule has 0 atom stereocenters. The van der Waals surface area contributed by atoms with Crippen LogP contribution in [0.4, 0.5) is 0 Å². The number of aliphatic hydroxyl groups excluding tert-OH is 1. The summed E-state index contributed by atoms with van der Waals surface area (Å²) in [5.74, 6) is 0.166. The molecule has 19 heavy (non-hydrogen) atoms. The van der Waals surface area contributed by atoms with Gasteiger partial charge >= 0.3 is 0 Å². The minimum atomic E-state index is -0.478. The molecular weight excluding hydrogens is 244 g/mol. The minimum Gasteiger partial charge on any atom is -0.484 e. The zero-order valence-electron chi connectivity index (χ0n) is 11.1. The Morgan fingerprint density at radius 3 is 2.58 bits per heavy atom. The van der Waals surface area contributed by atoms with Crippen molar-refractivity contribution in [2.75, 3.05) is 19.8 Å². The Kier molecular flexibility index (Phi) is 7.62. The Morgan fingerprint density at radius 2 is 1.95 bits per heavy atom. The second kappa shape index (κ2) is 9.35. The van der Waals surface area contributed by atoms with Gasteiger partial charge in [-0.2, -0.15) is 0 Å². The Bertz CT molecular complexity index is 365. The summed E-state index contributed by atoms with van der Waals surface area (Å²) >= 11 is 0. The highest BCUT2D eigenvalue weighted by atomic mass is 16.5. The smallest absolute Gasteiger partial charge is 0.255 e. The number of amides is 1. The fourth-order valence-corrected chi connectivity index (χ4v) is 1.63. The largest absolute Gasteiger partial charge is 0.484 e. The number of nitrogens with two attached hydrogens (primary N) is 1. The number of hydrogen-bond donors (Lipinski definition) is 3. The maximum absolute atomic E-state index is 10.6. The Hall–Kier alpha value is -1.59. The lowest BCUT2D eigenvalue weighted by molar-refractivity contribution is -0.119. The monoisotopic (exact) mass is 266 g/mol. The van der Waals surface area contributed by atoms with Gasteiger partial charge in [0.05, 0.1) is 0 Å². The summed E-state index contributed by atoms with van der Waals surface area (Å²) < 4.78 is 5.17. The van der Waals surface area contributed by atoms with Crippen molar-refractivity contribution < 1.29 is 14.6 Å². The number of aliphatic hydroxyl groups is 1. The van der Waals surface area contributed by atoms with Crippen LogP contribution in [-0.2, 0) is 11.3 Å². The number of rotatable bonds is 10. The van der Waals surface area contributed by atoms with E-state index in [0.29, 0.717) is 5.75 Å². The maximum atomic E-state index is 10.6. The standard InChI is InChI=1S/C14H22N2O3/c15-14(18)11-19-13-6-4-12(5-7-13)10-16-8-2-1-3-9-17/h4-7,16-17H,1-3,8-11H2,(H2,15,18). The lowest BCUT2D eigenvalue weighted by atomic mass is 10.2. The lowest BCUT2D eigenvalue weighted by Gasteiger charge is -2.07. The predicted octanol–water partition coefficient (Wildman–Crippen LogP) is 0.803. The molecule has 0 saturated heterocycles. The van der Waals surface area contributed by atoms with Crippen molar-refractivity contribution in [3.05, 3.63) is 29.8 Å². The zero-order chi connectivity index (χ0) is 13.9. The fraction of sp³-hybridized carbons (Fsp3) is 0.500. The first-order chi connectivity index (χ1) is 9.22. The van der Waals surface area contributed by atoms with E-state index in [1.807, 2.05) is 24.3 Å². The van der Waals surface area contributed by atoms with Crippen LogP contribution >= 0.6 is 0 Å². The van der Waals surface area contributed by atoms with Gasteiger partial charge in [-0.1, -0.05) is 12.1 Å². The molecule has 0 aliphatic rings. The molecule has 1 rings (SSSR count). The third kappa shape index (κ3) is 7.43. The summed E-state index contributed by atoms with van der Waals surface area (Å²) in [7, 11) is 0. The van der Waals surface area contributed by atoms with Crippen molar-refractivity contribution >= 4 is 5.91 Å². The molecule has 0 spiro atoms. The summed E-state index contributed by atoms with van der Waals surface area (Å²) in [6.45, 7) is 1.92. The van der Waals surface area contributed by atoms with Gasteiger partial charge in [-0.05, 0) is 43.5 Å². The molecule has 5 heteroatoms. The molecule has 0 radical (unpaired) electrons. The quantitative estimate of drug-likeness (QED) is 0.547. The summed E-state index contributed by atoms with van der Waals surface area (Å²) in [5, 5.41) is 12.0. The predicted molar refractivity (Wildman–Crippen MR) is 73.8 cm³/mol. The molecule has 5 nitrogen and oxygen atoms in total. The van der Waals surface area contributed by atoms with Crippen LogP contribution in [0.15, 0.2) is 24.3 Å². The van der Waals surface area contributed by atoms with E-state index < -0.39 is 5.91 Å². The first-order valence-corrected chi connectivity index (χ1v) is 6.54. The van der Waals surface area contributed by atoms with Gasteiger partial charge in [-0.3, -0.25) is 4.79 Å². The van der Waals surface area contributed by atoms with Gasteiger partial charge in [0.2, 0.25) is 0 Å². The molecule has 1 amide bonds. The van der Waals surface area contributed by atoms with E-state index in [4.69, 9.17) is 15.6 Å². The number of carbonyl (C=O) groups excluding carboxylic acids is 1. The average molecular weight is 266 g/mol. The van der Waals surface area contributed by atoms with Crippen LogP contribution in [0.2, 0.25) is 0 Å². The Balaban J connectivity index is 2.19. The Morgan fingerprint density at radius 1 is 1.21 bits per heavy atom. The van der Waals surface area contributed by atoms with Crippen molar-refractivity contribution in [2.24, 2.45) is 5.73 Å². The van der Waals surface area contributed by atoms with Crippen LogP contribution in [-0.4, -0.2) is 30.8 Å². The molecule has 0 aliphatic heterocycles.